The summed E-state index contributed by atoms with van der Waals surface area (Å²) in [5.74, 6) is 0.945. The molecular weight excluding hydrogens is 292 g/mol. The van der Waals surface area contributed by atoms with Gasteiger partial charge in [-0.05, 0) is 12.1 Å². The number of carboxylic acid groups (broad SMARTS) is 1. The van der Waals surface area contributed by atoms with Gasteiger partial charge in [-0.2, -0.15) is 4.98 Å². The van der Waals surface area contributed by atoms with Crippen molar-refractivity contribution in [2.45, 2.75) is 12.8 Å². The number of hydrogen-bond donors (Lipinski definition) is 1. The Balaban J connectivity index is 2.38. The number of aromatic nitrogens is 2. The van der Waals surface area contributed by atoms with Gasteiger partial charge >= 0.3 is 5.97 Å². The molecule has 0 unspecified atom stereocenters. The Hall–Kier alpha value is -2.77. The standard InChI is InChI=1S/C14H16N2O6/c1-19-9-5-4-8(12(20-2)13(9)21-3)14-15-10(22-16-14)6-7-11(17)18/h4-5H,6-7H2,1-3H3,(H,17,18). The van der Waals surface area contributed by atoms with Crippen molar-refractivity contribution in [1.29, 1.82) is 0 Å². The quantitative estimate of drug-likeness (QED) is 0.825. The summed E-state index contributed by atoms with van der Waals surface area (Å²) in [7, 11) is 4.51. The van der Waals surface area contributed by atoms with Crippen LogP contribution in [-0.2, 0) is 11.2 Å². The number of rotatable bonds is 7. The third-order valence-electron chi connectivity index (χ3n) is 2.97. The summed E-state index contributed by atoms with van der Waals surface area (Å²) in [5.41, 5.74) is 0.561. The van der Waals surface area contributed by atoms with Crippen LogP contribution in [0, 0.1) is 0 Å². The van der Waals surface area contributed by atoms with Crippen LogP contribution in [0.3, 0.4) is 0 Å². The molecule has 0 saturated carbocycles. The molecule has 2 rings (SSSR count). The highest BCUT2D eigenvalue weighted by atomic mass is 16.5. The minimum atomic E-state index is -0.927. The first-order valence-electron chi connectivity index (χ1n) is 6.44. The Morgan fingerprint density at radius 3 is 2.50 bits per heavy atom. The highest BCUT2D eigenvalue weighted by Gasteiger charge is 2.20. The van der Waals surface area contributed by atoms with E-state index < -0.39 is 5.97 Å². The third kappa shape index (κ3) is 3.11. The van der Waals surface area contributed by atoms with Crippen LogP contribution in [0.15, 0.2) is 16.7 Å². The molecular formula is C14H16N2O6. The Labute approximate surface area is 126 Å². The summed E-state index contributed by atoms with van der Waals surface area (Å²) >= 11 is 0. The van der Waals surface area contributed by atoms with E-state index in [1.807, 2.05) is 0 Å². The van der Waals surface area contributed by atoms with E-state index in [9.17, 15) is 4.79 Å². The summed E-state index contributed by atoms with van der Waals surface area (Å²) in [6.07, 6.45) is 0.0860. The molecule has 0 aliphatic carbocycles. The summed E-state index contributed by atoms with van der Waals surface area (Å²) in [5, 5.41) is 12.5. The predicted octanol–water partition coefficient (Wildman–Crippen LogP) is 1.78. The van der Waals surface area contributed by atoms with Gasteiger partial charge in [-0.25, -0.2) is 0 Å². The number of aliphatic carboxylic acids is 1. The fourth-order valence-corrected chi connectivity index (χ4v) is 1.96. The van der Waals surface area contributed by atoms with Gasteiger partial charge in [-0.1, -0.05) is 5.16 Å². The molecule has 8 heteroatoms. The molecule has 0 aliphatic heterocycles. The fourth-order valence-electron chi connectivity index (χ4n) is 1.96. The van der Waals surface area contributed by atoms with Crippen molar-refractivity contribution in [2.75, 3.05) is 21.3 Å². The van der Waals surface area contributed by atoms with Gasteiger partial charge in [0.05, 0.1) is 33.3 Å². The van der Waals surface area contributed by atoms with E-state index >= 15 is 0 Å². The van der Waals surface area contributed by atoms with E-state index in [4.69, 9.17) is 23.8 Å². The van der Waals surface area contributed by atoms with Crippen LogP contribution in [0.2, 0.25) is 0 Å². The van der Waals surface area contributed by atoms with Crippen molar-refractivity contribution in [2.24, 2.45) is 0 Å². The second-order valence-electron chi connectivity index (χ2n) is 4.29. The molecule has 0 aliphatic rings. The van der Waals surface area contributed by atoms with Gasteiger partial charge in [0.15, 0.2) is 11.5 Å². The highest BCUT2D eigenvalue weighted by Crippen LogP contribution is 2.43. The summed E-state index contributed by atoms with van der Waals surface area (Å²) < 4.78 is 20.9. The topological polar surface area (TPSA) is 104 Å². The smallest absolute Gasteiger partial charge is 0.303 e. The van der Waals surface area contributed by atoms with Crippen molar-refractivity contribution in [1.82, 2.24) is 10.1 Å². The van der Waals surface area contributed by atoms with E-state index in [0.717, 1.165) is 0 Å². The molecule has 0 amide bonds. The van der Waals surface area contributed by atoms with Crippen LogP contribution >= 0.6 is 0 Å². The largest absolute Gasteiger partial charge is 0.493 e. The Morgan fingerprint density at radius 1 is 1.18 bits per heavy atom. The van der Waals surface area contributed by atoms with Gasteiger partial charge in [0, 0.05) is 6.42 Å². The maximum atomic E-state index is 10.6. The van der Waals surface area contributed by atoms with E-state index in [0.29, 0.717) is 22.8 Å². The molecule has 22 heavy (non-hydrogen) atoms. The van der Waals surface area contributed by atoms with Crippen molar-refractivity contribution in [3.05, 3.63) is 18.0 Å². The summed E-state index contributed by atoms with van der Waals surface area (Å²) in [4.78, 5) is 14.7. The van der Waals surface area contributed by atoms with Crippen LogP contribution in [-0.4, -0.2) is 42.5 Å². The number of carbonyl (C=O) groups is 1. The van der Waals surface area contributed by atoms with E-state index in [1.54, 1.807) is 12.1 Å². The van der Waals surface area contributed by atoms with Crippen molar-refractivity contribution >= 4 is 5.97 Å². The van der Waals surface area contributed by atoms with Gasteiger partial charge < -0.3 is 23.8 Å². The van der Waals surface area contributed by atoms with Crippen LogP contribution in [0.5, 0.6) is 17.2 Å². The first-order chi connectivity index (χ1) is 10.6. The number of ether oxygens (including phenoxy) is 3. The zero-order valence-electron chi connectivity index (χ0n) is 12.5. The molecule has 8 nitrogen and oxygen atoms in total. The molecule has 0 saturated heterocycles. The third-order valence-corrected chi connectivity index (χ3v) is 2.97. The van der Waals surface area contributed by atoms with Gasteiger partial charge in [-0.15, -0.1) is 0 Å². The zero-order chi connectivity index (χ0) is 16.1. The molecule has 0 fully saturated rings. The second-order valence-corrected chi connectivity index (χ2v) is 4.29. The lowest BCUT2D eigenvalue weighted by Crippen LogP contribution is -1.98. The minimum absolute atomic E-state index is 0.0787. The van der Waals surface area contributed by atoms with E-state index in [-0.39, 0.29) is 24.6 Å². The van der Waals surface area contributed by atoms with Crippen LogP contribution in [0.4, 0.5) is 0 Å². The molecule has 2 aromatic rings. The molecule has 0 atom stereocenters. The number of aryl methyl sites for hydroxylation is 1. The zero-order valence-corrected chi connectivity index (χ0v) is 12.5. The maximum Gasteiger partial charge on any atom is 0.303 e. The first-order valence-corrected chi connectivity index (χ1v) is 6.44. The number of hydrogen-bond acceptors (Lipinski definition) is 7. The molecule has 1 N–H and O–H groups in total. The molecule has 0 radical (unpaired) electrons. The van der Waals surface area contributed by atoms with Crippen molar-refractivity contribution in [3.8, 4) is 28.6 Å². The van der Waals surface area contributed by atoms with Crippen molar-refractivity contribution in [3.63, 3.8) is 0 Å². The minimum Gasteiger partial charge on any atom is -0.493 e. The molecule has 1 aromatic heterocycles. The van der Waals surface area contributed by atoms with E-state index in [2.05, 4.69) is 10.1 Å². The number of carboxylic acids is 1. The van der Waals surface area contributed by atoms with Gasteiger partial charge in [0.1, 0.15) is 0 Å². The average molecular weight is 308 g/mol. The molecule has 0 bridgehead atoms. The van der Waals surface area contributed by atoms with Crippen LogP contribution in [0.1, 0.15) is 12.3 Å². The SMILES string of the molecule is COc1ccc(-c2noc(CCC(=O)O)n2)c(OC)c1OC. The maximum absolute atomic E-state index is 10.6. The lowest BCUT2D eigenvalue weighted by atomic mass is 10.1. The number of benzene rings is 1. The fraction of sp³-hybridized carbons (Fsp3) is 0.357. The Kier molecular flexibility index (Phi) is 4.82. The highest BCUT2D eigenvalue weighted by molar-refractivity contribution is 5.72. The number of nitrogens with zero attached hydrogens (tertiary/aromatic N) is 2. The molecule has 0 spiro atoms. The van der Waals surface area contributed by atoms with Gasteiger partial charge in [-0.3, -0.25) is 4.79 Å². The van der Waals surface area contributed by atoms with Crippen LogP contribution < -0.4 is 14.2 Å². The van der Waals surface area contributed by atoms with E-state index in [1.165, 1.54) is 21.3 Å². The van der Waals surface area contributed by atoms with Crippen LogP contribution in [0.25, 0.3) is 11.4 Å². The lowest BCUT2D eigenvalue weighted by molar-refractivity contribution is -0.137. The molecule has 1 aromatic carbocycles. The monoisotopic (exact) mass is 308 g/mol. The summed E-state index contributed by atoms with van der Waals surface area (Å²) in [6, 6.07) is 3.41. The van der Waals surface area contributed by atoms with Crippen molar-refractivity contribution < 1.29 is 28.6 Å². The number of methoxy groups -OCH3 is 3. The molecule has 1 heterocycles. The second kappa shape index (κ2) is 6.79. The molecule has 118 valence electrons. The summed E-state index contributed by atoms with van der Waals surface area (Å²) in [6.45, 7) is 0. The normalized spacial score (nSPS) is 10.3. The lowest BCUT2D eigenvalue weighted by Gasteiger charge is -2.13. The Morgan fingerprint density at radius 2 is 1.91 bits per heavy atom. The average Bonchev–Trinajstić information content (AvgIpc) is 2.99. The first kappa shape index (κ1) is 15.6. The predicted molar refractivity (Wildman–Crippen MR) is 75.3 cm³/mol. The Bertz CT molecular complexity index is 667. The van der Waals surface area contributed by atoms with Gasteiger partial charge in [0.25, 0.3) is 0 Å². The van der Waals surface area contributed by atoms with Gasteiger partial charge in [0.2, 0.25) is 17.5 Å².